The fourth-order valence-corrected chi connectivity index (χ4v) is 2.68. The fourth-order valence-electron chi connectivity index (χ4n) is 2.68. The predicted molar refractivity (Wildman–Crippen MR) is 105 cm³/mol. The number of carbonyl (C=O) groups is 1. The summed E-state index contributed by atoms with van der Waals surface area (Å²) < 4.78 is 10.7. The van der Waals surface area contributed by atoms with Crippen LogP contribution in [0.25, 0.3) is 0 Å². The van der Waals surface area contributed by atoms with Gasteiger partial charge in [0.05, 0.1) is 19.3 Å². The van der Waals surface area contributed by atoms with Crippen LogP contribution >= 0.6 is 0 Å². The molecule has 0 radical (unpaired) electrons. The number of rotatable bonds is 9. The van der Waals surface area contributed by atoms with Crippen LogP contribution < -0.4 is 4.74 Å². The second-order valence-corrected chi connectivity index (χ2v) is 6.35. The Kier molecular flexibility index (Phi) is 7.89. The molecular weight excluding hydrogens is 342 g/mol. The lowest BCUT2D eigenvalue weighted by molar-refractivity contribution is 0.0346. The van der Waals surface area contributed by atoms with Crippen LogP contribution in [0.4, 0.5) is 4.79 Å². The summed E-state index contributed by atoms with van der Waals surface area (Å²) in [5.41, 5.74) is 1.83. The molecule has 0 heterocycles. The van der Waals surface area contributed by atoms with Crippen molar-refractivity contribution in [3.63, 3.8) is 0 Å². The van der Waals surface area contributed by atoms with Crippen molar-refractivity contribution in [3.8, 4) is 5.75 Å². The molecule has 0 aliphatic carbocycles. The largest absolute Gasteiger partial charge is 0.497 e. The Morgan fingerprint density at radius 1 is 1.15 bits per heavy atom. The summed E-state index contributed by atoms with van der Waals surface area (Å²) in [5, 5.41) is 10.3. The highest BCUT2D eigenvalue weighted by atomic mass is 16.6. The van der Waals surface area contributed by atoms with Gasteiger partial charge in [0.25, 0.3) is 0 Å². The van der Waals surface area contributed by atoms with Crippen LogP contribution in [0.1, 0.15) is 24.5 Å². The van der Waals surface area contributed by atoms with Crippen molar-refractivity contribution in [1.82, 2.24) is 4.90 Å². The molecule has 0 spiro atoms. The van der Waals surface area contributed by atoms with Crippen LogP contribution in [0.3, 0.4) is 0 Å². The van der Waals surface area contributed by atoms with Gasteiger partial charge in [0, 0.05) is 6.54 Å². The van der Waals surface area contributed by atoms with Gasteiger partial charge in [0.15, 0.2) is 0 Å². The minimum absolute atomic E-state index is 0.184. The van der Waals surface area contributed by atoms with E-state index >= 15 is 0 Å². The number of aliphatic hydroxyl groups is 1. The van der Waals surface area contributed by atoms with Gasteiger partial charge in [-0.15, -0.1) is 6.58 Å². The third-order valence-corrected chi connectivity index (χ3v) is 4.41. The van der Waals surface area contributed by atoms with E-state index in [4.69, 9.17) is 9.47 Å². The molecule has 0 aromatic heterocycles. The van der Waals surface area contributed by atoms with Crippen molar-refractivity contribution in [3.05, 3.63) is 78.4 Å². The lowest BCUT2D eigenvalue weighted by Gasteiger charge is -2.31. The lowest BCUT2D eigenvalue weighted by atomic mass is 10.1. The molecule has 0 aliphatic heterocycles. The van der Waals surface area contributed by atoms with E-state index in [-0.39, 0.29) is 6.61 Å². The third-order valence-electron chi connectivity index (χ3n) is 4.41. The summed E-state index contributed by atoms with van der Waals surface area (Å²) >= 11 is 0. The van der Waals surface area contributed by atoms with Gasteiger partial charge in [-0.2, -0.15) is 0 Å². The monoisotopic (exact) mass is 369 g/mol. The average Bonchev–Trinajstić information content (AvgIpc) is 2.71. The Hall–Kier alpha value is -2.79. The number of aliphatic hydroxyl groups excluding tert-OH is 1. The summed E-state index contributed by atoms with van der Waals surface area (Å²) in [7, 11) is 1.61. The Labute approximate surface area is 160 Å². The van der Waals surface area contributed by atoms with E-state index in [0.717, 1.165) is 16.9 Å². The second-order valence-electron chi connectivity index (χ2n) is 6.35. The van der Waals surface area contributed by atoms with E-state index in [1.807, 2.05) is 61.5 Å². The summed E-state index contributed by atoms with van der Waals surface area (Å²) in [6.07, 6.45) is 0.851. The molecule has 144 valence electrons. The Morgan fingerprint density at radius 3 is 2.41 bits per heavy atom. The van der Waals surface area contributed by atoms with Crippen molar-refractivity contribution >= 4 is 6.09 Å². The molecule has 0 aliphatic rings. The van der Waals surface area contributed by atoms with Gasteiger partial charge in [-0.3, -0.25) is 4.90 Å². The van der Waals surface area contributed by atoms with Crippen molar-refractivity contribution < 1.29 is 19.4 Å². The van der Waals surface area contributed by atoms with E-state index in [1.54, 1.807) is 18.1 Å². The maximum absolute atomic E-state index is 12.7. The topological polar surface area (TPSA) is 59.0 Å². The molecule has 1 amide bonds. The highest BCUT2D eigenvalue weighted by Crippen LogP contribution is 2.18. The molecule has 2 atom stereocenters. The van der Waals surface area contributed by atoms with Gasteiger partial charge < -0.3 is 14.6 Å². The minimum Gasteiger partial charge on any atom is -0.497 e. The molecule has 0 saturated heterocycles. The standard InChI is InChI=1S/C22H27NO4/c1-4-8-21(24)17(2)23(15-18-11-13-20(26-3)14-12-18)22(25)27-16-19-9-6-5-7-10-19/h4-7,9-14,17,21,24H,1,8,15-16H2,2-3H3/t17-,21+/m0/s1. The van der Waals surface area contributed by atoms with E-state index in [2.05, 4.69) is 6.58 Å². The lowest BCUT2D eigenvalue weighted by Crippen LogP contribution is -2.44. The number of carbonyl (C=O) groups excluding carboxylic acids is 1. The van der Waals surface area contributed by atoms with Crippen LogP contribution in [0.2, 0.25) is 0 Å². The summed E-state index contributed by atoms with van der Waals surface area (Å²) in [4.78, 5) is 14.3. The smallest absolute Gasteiger partial charge is 0.410 e. The van der Waals surface area contributed by atoms with E-state index < -0.39 is 18.2 Å². The summed E-state index contributed by atoms with van der Waals surface area (Å²) in [6, 6.07) is 16.5. The quantitative estimate of drug-likeness (QED) is 0.674. The molecule has 2 aromatic rings. The van der Waals surface area contributed by atoms with Crippen molar-refractivity contribution in [2.45, 2.75) is 38.6 Å². The molecule has 0 bridgehead atoms. The number of benzene rings is 2. The van der Waals surface area contributed by atoms with E-state index in [0.29, 0.717) is 13.0 Å². The maximum Gasteiger partial charge on any atom is 0.410 e. The van der Waals surface area contributed by atoms with Crippen LogP contribution in [-0.2, 0) is 17.9 Å². The molecule has 2 rings (SSSR count). The first-order chi connectivity index (χ1) is 13.0. The van der Waals surface area contributed by atoms with Crippen LogP contribution in [0.15, 0.2) is 67.3 Å². The zero-order chi connectivity index (χ0) is 19.6. The molecule has 5 nitrogen and oxygen atoms in total. The first kappa shape index (κ1) is 20.5. The Balaban J connectivity index is 2.11. The molecule has 0 fully saturated rings. The molecule has 2 aromatic carbocycles. The number of methoxy groups -OCH3 is 1. The van der Waals surface area contributed by atoms with Gasteiger partial charge >= 0.3 is 6.09 Å². The zero-order valence-corrected chi connectivity index (χ0v) is 15.9. The number of nitrogens with zero attached hydrogens (tertiary/aromatic N) is 1. The number of ether oxygens (including phenoxy) is 2. The minimum atomic E-state index is -0.718. The predicted octanol–water partition coefficient (Wildman–Crippen LogP) is 4.16. The first-order valence-corrected chi connectivity index (χ1v) is 8.94. The van der Waals surface area contributed by atoms with E-state index in [9.17, 15) is 9.90 Å². The van der Waals surface area contributed by atoms with Gasteiger partial charge in [0.1, 0.15) is 12.4 Å². The summed E-state index contributed by atoms with van der Waals surface area (Å²) in [5.74, 6) is 0.747. The highest BCUT2D eigenvalue weighted by Gasteiger charge is 2.27. The molecule has 5 heteroatoms. The Bertz CT molecular complexity index is 715. The van der Waals surface area contributed by atoms with E-state index in [1.165, 1.54) is 0 Å². The molecule has 0 saturated carbocycles. The van der Waals surface area contributed by atoms with Crippen molar-refractivity contribution in [1.29, 1.82) is 0 Å². The average molecular weight is 369 g/mol. The SMILES string of the molecule is C=CC[C@@H](O)[C@H](C)N(Cc1ccc(OC)cc1)C(=O)OCc1ccccc1. The van der Waals surface area contributed by atoms with Crippen LogP contribution in [-0.4, -0.2) is 35.4 Å². The molecule has 1 N–H and O–H groups in total. The van der Waals surface area contributed by atoms with Crippen molar-refractivity contribution in [2.75, 3.05) is 7.11 Å². The van der Waals surface area contributed by atoms with Crippen LogP contribution in [0.5, 0.6) is 5.75 Å². The van der Waals surface area contributed by atoms with Gasteiger partial charge in [-0.05, 0) is 36.6 Å². The van der Waals surface area contributed by atoms with Gasteiger partial charge in [-0.25, -0.2) is 4.79 Å². The van der Waals surface area contributed by atoms with Crippen LogP contribution in [0, 0.1) is 0 Å². The fraction of sp³-hybridized carbons (Fsp3) is 0.318. The van der Waals surface area contributed by atoms with Gasteiger partial charge in [0.2, 0.25) is 0 Å². The van der Waals surface area contributed by atoms with Gasteiger partial charge in [-0.1, -0.05) is 48.5 Å². The highest BCUT2D eigenvalue weighted by molar-refractivity contribution is 5.68. The third kappa shape index (κ3) is 6.15. The second kappa shape index (κ2) is 10.4. The maximum atomic E-state index is 12.7. The first-order valence-electron chi connectivity index (χ1n) is 8.94. The van der Waals surface area contributed by atoms with Crippen molar-refractivity contribution in [2.24, 2.45) is 0 Å². The zero-order valence-electron chi connectivity index (χ0n) is 15.9. The molecular formula is C22H27NO4. The number of amides is 1. The molecule has 27 heavy (non-hydrogen) atoms. The Morgan fingerprint density at radius 2 is 1.81 bits per heavy atom. The normalized spacial score (nSPS) is 12.7. The molecule has 0 unspecified atom stereocenters. The number of hydrogen-bond acceptors (Lipinski definition) is 4. The number of hydrogen-bond donors (Lipinski definition) is 1. The summed E-state index contributed by atoms with van der Waals surface area (Å²) in [6.45, 7) is 5.97.